The molecule has 22 heavy (non-hydrogen) atoms. The zero-order chi connectivity index (χ0) is 15.9. The molecule has 7 heteroatoms. The minimum atomic E-state index is -1.14. The van der Waals surface area contributed by atoms with Gasteiger partial charge >= 0.3 is 0 Å². The number of carbonyl (C=O) groups excluding carboxylic acids is 2. The average Bonchev–Trinajstić information content (AvgIpc) is 2.77. The third-order valence-electron chi connectivity index (χ3n) is 3.45. The highest BCUT2D eigenvalue weighted by molar-refractivity contribution is 7.81. The van der Waals surface area contributed by atoms with Gasteiger partial charge in [-0.05, 0) is 18.2 Å². The minimum absolute atomic E-state index is 0.312. The highest BCUT2D eigenvalue weighted by atomic mass is 35.5. The van der Waals surface area contributed by atoms with Crippen LogP contribution in [0, 0.1) is 0 Å². The van der Waals surface area contributed by atoms with Gasteiger partial charge in [0, 0.05) is 33.1 Å². The third-order valence-corrected chi connectivity index (χ3v) is 4.10. The first-order valence-corrected chi connectivity index (χ1v) is 7.29. The number of benzene rings is 1. The monoisotopic (exact) mass is 334 g/mol. The number of fused-ring (bicyclic) bond motifs is 1. The van der Waals surface area contributed by atoms with Crippen LogP contribution in [-0.2, 0) is 4.79 Å². The molecule has 1 unspecified atom stereocenters. The maximum atomic E-state index is 12.4. The summed E-state index contributed by atoms with van der Waals surface area (Å²) < 4.78 is 0. The molecule has 112 valence electrons. The second-order valence-electron chi connectivity index (χ2n) is 4.87. The fraction of sp³-hybridized carbons (Fsp3) is 0.133. The van der Waals surface area contributed by atoms with Crippen LogP contribution in [0.25, 0.3) is 0 Å². The Balaban J connectivity index is 1.92. The van der Waals surface area contributed by atoms with Crippen LogP contribution in [0.15, 0.2) is 41.0 Å². The van der Waals surface area contributed by atoms with E-state index in [9.17, 15) is 14.7 Å². The normalized spacial score (nSPS) is 20.0. The highest BCUT2D eigenvalue weighted by Gasteiger charge is 2.30. The van der Waals surface area contributed by atoms with Crippen molar-refractivity contribution in [1.29, 1.82) is 0 Å². The summed E-state index contributed by atoms with van der Waals surface area (Å²) in [5, 5.41) is 15.4. The average molecular weight is 335 g/mol. The quantitative estimate of drug-likeness (QED) is 0.724. The number of thiocarbonyl (C=S) groups is 1. The van der Waals surface area contributed by atoms with E-state index in [1.165, 1.54) is 6.08 Å². The minimum Gasteiger partial charge on any atom is -0.369 e. The Kier molecular flexibility index (Phi) is 3.82. The molecule has 1 aromatic rings. The Morgan fingerprint density at radius 2 is 2.23 bits per heavy atom. The van der Waals surface area contributed by atoms with Gasteiger partial charge in [-0.3, -0.25) is 9.59 Å². The van der Waals surface area contributed by atoms with Gasteiger partial charge in [-0.25, -0.2) is 0 Å². The van der Waals surface area contributed by atoms with Crippen LogP contribution in [0.4, 0.5) is 5.69 Å². The molecule has 0 aromatic heterocycles. The molecular formula is C15H11ClN2O3S. The predicted molar refractivity (Wildman–Crippen MR) is 86.7 cm³/mol. The SMILES string of the molecule is O=C(Nc1cccc2c1C(O)NC2=O)C1=CC(Cl)=CCC1=S. The number of hydrogen-bond donors (Lipinski definition) is 3. The number of aliphatic hydroxyl groups excluding tert-OH is 1. The number of amides is 2. The van der Waals surface area contributed by atoms with Gasteiger partial charge in [0.1, 0.15) is 0 Å². The molecule has 3 N–H and O–H groups in total. The van der Waals surface area contributed by atoms with Gasteiger partial charge in [0.2, 0.25) is 0 Å². The Hall–Kier alpha value is -2.02. The summed E-state index contributed by atoms with van der Waals surface area (Å²) in [7, 11) is 0. The lowest BCUT2D eigenvalue weighted by atomic mass is 10.0. The number of anilines is 1. The second-order valence-corrected chi connectivity index (χ2v) is 5.80. The fourth-order valence-electron chi connectivity index (χ4n) is 2.40. The molecular weight excluding hydrogens is 324 g/mol. The van der Waals surface area contributed by atoms with E-state index in [1.54, 1.807) is 24.3 Å². The van der Waals surface area contributed by atoms with Crippen molar-refractivity contribution in [1.82, 2.24) is 5.32 Å². The Labute approximate surface area is 136 Å². The molecule has 1 atom stereocenters. The Morgan fingerprint density at radius 3 is 3.00 bits per heavy atom. The molecule has 3 rings (SSSR count). The van der Waals surface area contributed by atoms with Crippen LogP contribution in [-0.4, -0.2) is 21.8 Å². The van der Waals surface area contributed by atoms with Crippen LogP contribution in [0.1, 0.15) is 28.6 Å². The third kappa shape index (κ3) is 2.56. The molecule has 1 aliphatic carbocycles. The largest absolute Gasteiger partial charge is 0.369 e. The van der Waals surface area contributed by atoms with Gasteiger partial charge in [0.05, 0.1) is 5.57 Å². The van der Waals surface area contributed by atoms with Crippen molar-refractivity contribution in [3.8, 4) is 0 Å². The molecule has 0 bridgehead atoms. The lowest BCUT2D eigenvalue weighted by Crippen LogP contribution is -2.22. The van der Waals surface area contributed by atoms with Gasteiger partial charge in [-0.1, -0.05) is 36.0 Å². The molecule has 2 aliphatic rings. The number of allylic oxidation sites excluding steroid dienone is 3. The Bertz CT molecular complexity index is 770. The van der Waals surface area contributed by atoms with Crippen molar-refractivity contribution in [2.75, 3.05) is 5.32 Å². The topological polar surface area (TPSA) is 78.4 Å². The summed E-state index contributed by atoms with van der Waals surface area (Å²) in [6, 6.07) is 4.83. The predicted octanol–water partition coefficient (Wildman–Crippen LogP) is 2.18. The first kappa shape index (κ1) is 14.9. The van der Waals surface area contributed by atoms with E-state index in [-0.39, 0.29) is 5.91 Å². The lowest BCUT2D eigenvalue weighted by molar-refractivity contribution is -0.112. The van der Waals surface area contributed by atoms with Gasteiger partial charge < -0.3 is 15.7 Å². The highest BCUT2D eigenvalue weighted by Crippen LogP contribution is 2.31. The molecule has 0 saturated carbocycles. The van der Waals surface area contributed by atoms with E-state index in [1.807, 2.05) is 0 Å². The summed E-state index contributed by atoms with van der Waals surface area (Å²) in [6.45, 7) is 0. The molecule has 0 fully saturated rings. The number of halogens is 1. The van der Waals surface area contributed by atoms with E-state index in [2.05, 4.69) is 10.6 Å². The van der Waals surface area contributed by atoms with Gasteiger partial charge in [-0.2, -0.15) is 0 Å². The van der Waals surface area contributed by atoms with E-state index in [0.29, 0.717) is 38.7 Å². The first-order valence-electron chi connectivity index (χ1n) is 6.51. The number of hydrogen-bond acceptors (Lipinski definition) is 4. The number of rotatable bonds is 2. The standard InChI is InChI=1S/C15H11ClN2O3S/c16-7-4-5-11(22)9(6-7)14(20)17-10-3-1-2-8-12(10)15(21)18-13(8)19/h1-4,6,15,21H,5H2,(H,17,20)(H,18,19). The van der Waals surface area contributed by atoms with E-state index in [4.69, 9.17) is 23.8 Å². The Morgan fingerprint density at radius 1 is 1.45 bits per heavy atom. The fourth-order valence-corrected chi connectivity index (χ4v) is 2.82. The van der Waals surface area contributed by atoms with E-state index >= 15 is 0 Å². The smallest absolute Gasteiger partial charge is 0.256 e. The van der Waals surface area contributed by atoms with E-state index in [0.717, 1.165) is 0 Å². The van der Waals surface area contributed by atoms with Gasteiger partial charge in [0.25, 0.3) is 11.8 Å². The van der Waals surface area contributed by atoms with Crippen LogP contribution in [0.3, 0.4) is 0 Å². The second kappa shape index (κ2) is 5.64. The van der Waals surface area contributed by atoms with Crippen molar-refractivity contribution in [2.45, 2.75) is 12.6 Å². The van der Waals surface area contributed by atoms with Crippen molar-refractivity contribution in [2.24, 2.45) is 0 Å². The summed E-state index contributed by atoms with van der Waals surface area (Å²) in [5.41, 5.74) is 1.36. The molecule has 0 radical (unpaired) electrons. The first-order chi connectivity index (χ1) is 10.5. The maximum absolute atomic E-state index is 12.4. The van der Waals surface area contributed by atoms with Crippen LogP contribution < -0.4 is 10.6 Å². The molecule has 2 amide bonds. The van der Waals surface area contributed by atoms with Crippen molar-refractivity contribution in [3.05, 3.63) is 52.1 Å². The number of nitrogens with one attached hydrogen (secondary N) is 2. The summed E-state index contributed by atoms with van der Waals surface area (Å²) >= 11 is 11.1. The summed E-state index contributed by atoms with van der Waals surface area (Å²) in [4.78, 5) is 24.5. The molecule has 1 heterocycles. The molecule has 1 aromatic carbocycles. The number of carbonyl (C=O) groups is 2. The maximum Gasteiger partial charge on any atom is 0.256 e. The number of aliphatic hydroxyl groups is 1. The van der Waals surface area contributed by atoms with Gasteiger partial charge in [-0.15, -0.1) is 0 Å². The van der Waals surface area contributed by atoms with Crippen LogP contribution in [0.2, 0.25) is 0 Å². The summed E-state index contributed by atoms with van der Waals surface area (Å²) in [5.74, 6) is -0.798. The lowest BCUT2D eigenvalue weighted by Gasteiger charge is -2.15. The molecule has 0 saturated heterocycles. The van der Waals surface area contributed by atoms with Gasteiger partial charge in [0.15, 0.2) is 6.23 Å². The molecule has 5 nitrogen and oxygen atoms in total. The van der Waals surface area contributed by atoms with E-state index < -0.39 is 12.1 Å². The zero-order valence-corrected chi connectivity index (χ0v) is 12.8. The van der Waals surface area contributed by atoms with Crippen molar-refractivity contribution in [3.63, 3.8) is 0 Å². The van der Waals surface area contributed by atoms with Crippen LogP contribution in [0.5, 0.6) is 0 Å². The molecule has 1 aliphatic heterocycles. The zero-order valence-electron chi connectivity index (χ0n) is 11.2. The van der Waals surface area contributed by atoms with Crippen molar-refractivity contribution >= 4 is 46.2 Å². The van der Waals surface area contributed by atoms with Crippen molar-refractivity contribution < 1.29 is 14.7 Å². The molecule has 0 spiro atoms. The summed E-state index contributed by atoms with van der Waals surface area (Å²) in [6.07, 6.45) is 2.52. The van der Waals surface area contributed by atoms with Crippen LogP contribution >= 0.6 is 23.8 Å².